The van der Waals surface area contributed by atoms with Crippen LogP contribution in [0.4, 0.5) is 15.8 Å². The number of thioether (sulfide) groups is 1. The first kappa shape index (κ1) is 23.5. The van der Waals surface area contributed by atoms with Gasteiger partial charge in [-0.3, -0.25) is 4.79 Å². The molecule has 0 saturated carbocycles. The number of carbonyl (C=O) groups is 1. The Morgan fingerprint density at radius 2 is 1.76 bits per heavy atom. The average molecular weight is 493 g/mol. The molecule has 3 nitrogen and oxygen atoms in total. The molecule has 1 saturated heterocycles. The molecule has 0 bridgehead atoms. The van der Waals surface area contributed by atoms with Crippen molar-refractivity contribution in [3.05, 3.63) is 78.1 Å². The minimum atomic E-state index is -0.341. The van der Waals surface area contributed by atoms with Gasteiger partial charge in [0.2, 0.25) is 0 Å². The van der Waals surface area contributed by atoms with E-state index in [9.17, 15) is 9.18 Å². The van der Waals surface area contributed by atoms with Gasteiger partial charge in [-0.15, -0.1) is 11.8 Å². The highest BCUT2D eigenvalue weighted by molar-refractivity contribution is 8.00. The van der Waals surface area contributed by atoms with Gasteiger partial charge < -0.3 is 9.80 Å². The summed E-state index contributed by atoms with van der Waals surface area (Å²) in [6.07, 6.45) is 4.87. The zero-order chi connectivity index (χ0) is 23.5. The van der Waals surface area contributed by atoms with Crippen LogP contribution in [0.2, 0.25) is 0 Å². The van der Waals surface area contributed by atoms with Crippen molar-refractivity contribution in [2.45, 2.75) is 33.9 Å². The molecule has 3 aromatic rings. The summed E-state index contributed by atoms with van der Waals surface area (Å²) >= 11 is 3.63. The van der Waals surface area contributed by atoms with Crippen LogP contribution in [0.5, 0.6) is 0 Å². The lowest BCUT2D eigenvalue weighted by molar-refractivity contribution is 0.0839. The van der Waals surface area contributed by atoms with Crippen LogP contribution in [-0.4, -0.2) is 43.1 Å². The van der Waals surface area contributed by atoms with Crippen LogP contribution in [-0.2, 0) is 0 Å². The van der Waals surface area contributed by atoms with Gasteiger partial charge in [0, 0.05) is 32.7 Å². The number of halogens is 1. The Morgan fingerprint density at radius 3 is 2.56 bits per heavy atom. The summed E-state index contributed by atoms with van der Waals surface area (Å²) in [5.74, 6) is -0.254. The SMILES string of the molecule is CSc1ccc2c(c1)N(CCCN1CCC(C(=O)c3cccc(F)c3)CC1)c1ccccc1S2. The van der Waals surface area contributed by atoms with Crippen LogP contribution < -0.4 is 4.90 Å². The summed E-state index contributed by atoms with van der Waals surface area (Å²) in [5.41, 5.74) is 3.09. The third-order valence-corrected chi connectivity index (χ3v) is 8.61. The number of rotatable bonds is 7. The first-order chi connectivity index (χ1) is 16.6. The van der Waals surface area contributed by atoms with Crippen molar-refractivity contribution < 1.29 is 9.18 Å². The molecule has 0 radical (unpaired) electrons. The first-order valence-corrected chi connectivity index (χ1v) is 13.9. The van der Waals surface area contributed by atoms with Gasteiger partial charge in [0.25, 0.3) is 0 Å². The van der Waals surface area contributed by atoms with Gasteiger partial charge in [-0.2, -0.15) is 0 Å². The Hall–Kier alpha value is -2.28. The number of ketones is 1. The van der Waals surface area contributed by atoms with Gasteiger partial charge in [-0.25, -0.2) is 4.39 Å². The molecule has 2 aliphatic heterocycles. The second-order valence-corrected chi connectivity index (χ2v) is 10.9. The number of hydrogen-bond donors (Lipinski definition) is 0. The van der Waals surface area contributed by atoms with Gasteiger partial charge in [0.05, 0.1) is 11.4 Å². The van der Waals surface area contributed by atoms with Crippen LogP contribution in [0, 0.1) is 11.7 Å². The third-order valence-electron chi connectivity index (χ3n) is 6.76. The van der Waals surface area contributed by atoms with Crippen molar-refractivity contribution in [3.63, 3.8) is 0 Å². The number of Topliss-reactive ketones (excluding diaryl/α,β-unsaturated/α-hetero) is 1. The number of anilines is 2. The van der Waals surface area contributed by atoms with Crippen molar-refractivity contribution in [2.24, 2.45) is 5.92 Å². The number of likely N-dealkylation sites (tertiary alicyclic amines) is 1. The van der Waals surface area contributed by atoms with Crippen molar-refractivity contribution in [1.29, 1.82) is 0 Å². The molecular formula is C28H29FN2OS2. The molecule has 1 fully saturated rings. The van der Waals surface area contributed by atoms with E-state index in [1.807, 2.05) is 11.8 Å². The lowest BCUT2D eigenvalue weighted by atomic mass is 9.89. The average Bonchev–Trinajstić information content (AvgIpc) is 2.88. The molecular weight excluding hydrogens is 463 g/mol. The van der Waals surface area contributed by atoms with E-state index in [1.54, 1.807) is 23.9 Å². The predicted molar refractivity (Wildman–Crippen MR) is 140 cm³/mol. The van der Waals surface area contributed by atoms with Gasteiger partial charge in [-0.1, -0.05) is 36.0 Å². The third kappa shape index (κ3) is 5.04. The van der Waals surface area contributed by atoms with Crippen molar-refractivity contribution in [2.75, 3.05) is 37.3 Å². The standard InChI is InChI=1S/C28H29FN2OS2/c1-33-23-10-11-27-25(19-23)31(24-8-2-3-9-26(24)34-27)15-5-14-30-16-12-20(13-17-30)28(32)21-6-4-7-22(29)18-21/h2-4,6-11,18-20H,5,12-17H2,1H3. The molecule has 0 atom stereocenters. The molecule has 0 aliphatic carbocycles. The first-order valence-electron chi connectivity index (χ1n) is 11.9. The zero-order valence-corrected chi connectivity index (χ0v) is 21.0. The monoisotopic (exact) mass is 492 g/mol. The summed E-state index contributed by atoms with van der Waals surface area (Å²) in [6.45, 7) is 3.82. The van der Waals surface area contributed by atoms with Gasteiger partial charge in [0.1, 0.15) is 5.82 Å². The fourth-order valence-corrected chi connectivity index (χ4v) is 6.44. The van der Waals surface area contributed by atoms with Crippen molar-refractivity contribution >= 4 is 40.7 Å². The van der Waals surface area contributed by atoms with Gasteiger partial charge >= 0.3 is 0 Å². The number of fused-ring (bicyclic) bond motifs is 2. The molecule has 2 aliphatic rings. The maximum atomic E-state index is 13.5. The molecule has 176 valence electrons. The number of piperidine rings is 1. The van der Waals surface area contributed by atoms with E-state index in [0.29, 0.717) is 5.56 Å². The molecule has 2 heterocycles. The van der Waals surface area contributed by atoms with Crippen LogP contribution >= 0.6 is 23.5 Å². The Labute approximate surface area is 209 Å². The molecule has 0 amide bonds. The van der Waals surface area contributed by atoms with Crippen molar-refractivity contribution in [1.82, 2.24) is 4.90 Å². The predicted octanol–water partition coefficient (Wildman–Crippen LogP) is 7.14. The number of carbonyl (C=O) groups excluding carboxylic acids is 1. The van der Waals surface area contributed by atoms with E-state index in [4.69, 9.17) is 0 Å². The quantitative estimate of drug-likeness (QED) is 0.258. The second kappa shape index (κ2) is 10.5. The van der Waals surface area contributed by atoms with Gasteiger partial charge in [-0.05, 0) is 87.6 Å². The number of nitrogens with zero attached hydrogens (tertiary/aromatic N) is 2. The molecule has 0 unspecified atom stereocenters. The van der Waals surface area contributed by atoms with Crippen LogP contribution in [0.3, 0.4) is 0 Å². The lowest BCUT2D eigenvalue weighted by Gasteiger charge is -2.35. The highest BCUT2D eigenvalue weighted by atomic mass is 32.2. The summed E-state index contributed by atoms with van der Waals surface area (Å²) in [5, 5.41) is 0. The number of benzene rings is 3. The molecule has 0 spiro atoms. The highest BCUT2D eigenvalue weighted by Gasteiger charge is 2.27. The van der Waals surface area contributed by atoms with E-state index in [2.05, 4.69) is 58.5 Å². The highest BCUT2D eigenvalue weighted by Crippen LogP contribution is 2.48. The summed E-state index contributed by atoms with van der Waals surface area (Å²) < 4.78 is 13.5. The van der Waals surface area contributed by atoms with Crippen molar-refractivity contribution in [3.8, 4) is 0 Å². The Bertz CT molecular complexity index is 1180. The molecule has 6 heteroatoms. The smallest absolute Gasteiger partial charge is 0.166 e. The number of hydrogen-bond acceptors (Lipinski definition) is 5. The maximum absolute atomic E-state index is 13.5. The Balaban J connectivity index is 1.20. The Morgan fingerprint density at radius 1 is 0.971 bits per heavy atom. The van der Waals surface area contributed by atoms with E-state index in [0.717, 1.165) is 45.4 Å². The van der Waals surface area contributed by atoms with E-state index < -0.39 is 0 Å². The van der Waals surface area contributed by atoms with Gasteiger partial charge in [0.15, 0.2) is 5.78 Å². The van der Waals surface area contributed by atoms with Crippen LogP contribution in [0.25, 0.3) is 0 Å². The fourth-order valence-electron chi connectivity index (χ4n) is 4.93. The lowest BCUT2D eigenvalue weighted by Crippen LogP contribution is -2.38. The fraction of sp³-hybridized carbons (Fsp3) is 0.321. The summed E-state index contributed by atoms with van der Waals surface area (Å²) in [4.78, 5) is 21.6. The summed E-state index contributed by atoms with van der Waals surface area (Å²) in [6, 6.07) is 21.5. The summed E-state index contributed by atoms with van der Waals surface area (Å²) in [7, 11) is 0. The molecule has 5 rings (SSSR count). The topological polar surface area (TPSA) is 23.6 Å². The van der Waals surface area contributed by atoms with Crippen LogP contribution in [0.15, 0.2) is 81.4 Å². The number of para-hydroxylation sites is 1. The van der Waals surface area contributed by atoms with E-state index in [-0.39, 0.29) is 17.5 Å². The molecule has 34 heavy (non-hydrogen) atoms. The Kier molecular flexibility index (Phi) is 7.28. The zero-order valence-electron chi connectivity index (χ0n) is 19.4. The van der Waals surface area contributed by atoms with E-state index >= 15 is 0 Å². The van der Waals surface area contributed by atoms with Crippen LogP contribution in [0.1, 0.15) is 29.6 Å². The molecule has 0 N–H and O–H groups in total. The minimum absolute atomic E-state index is 0.000822. The largest absolute Gasteiger partial charge is 0.340 e. The minimum Gasteiger partial charge on any atom is -0.340 e. The molecule has 0 aromatic heterocycles. The van der Waals surface area contributed by atoms with E-state index in [1.165, 1.54) is 38.2 Å². The molecule has 3 aromatic carbocycles. The maximum Gasteiger partial charge on any atom is 0.166 e. The normalized spacial score (nSPS) is 16.2. The second-order valence-electron chi connectivity index (χ2n) is 8.90.